The molecule has 27 heavy (non-hydrogen) atoms. The van der Waals surface area contributed by atoms with E-state index in [1.54, 1.807) is 0 Å². The summed E-state index contributed by atoms with van der Waals surface area (Å²) in [5.41, 5.74) is 9.24. The van der Waals surface area contributed by atoms with Crippen molar-refractivity contribution in [3.8, 4) is 11.5 Å². The molecule has 0 heterocycles. The fourth-order valence-corrected chi connectivity index (χ4v) is 2.42. The summed E-state index contributed by atoms with van der Waals surface area (Å²) in [7, 11) is 0. The van der Waals surface area contributed by atoms with Crippen LogP contribution in [0.4, 0.5) is 4.79 Å². The first-order valence-corrected chi connectivity index (χ1v) is 9.12. The third-order valence-electron chi connectivity index (χ3n) is 4.13. The van der Waals surface area contributed by atoms with Gasteiger partial charge >= 0.3 is 6.03 Å². The quantitative estimate of drug-likeness (QED) is 0.376. The molecule has 0 unspecified atom stereocenters. The maximum Gasteiger partial charge on any atom is 0.332 e. The van der Waals surface area contributed by atoms with E-state index >= 15 is 0 Å². The van der Waals surface area contributed by atoms with Crippen LogP contribution in [0.3, 0.4) is 0 Å². The molecular weight excluding hydrogens is 342 g/mol. The maximum atomic E-state index is 10.6. The number of rotatable bonds is 10. The van der Waals surface area contributed by atoms with Gasteiger partial charge in [-0.2, -0.15) is 5.10 Å². The van der Waals surface area contributed by atoms with Crippen LogP contribution in [0.1, 0.15) is 43.7 Å². The molecule has 0 fully saturated rings. The van der Waals surface area contributed by atoms with Gasteiger partial charge in [-0.25, -0.2) is 10.2 Å². The second kappa shape index (κ2) is 10.9. The van der Waals surface area contributed by atoms with Crippen LogP contribution >= 0.6 is 0 Å². The van der Waals surface area contributed by atoms with Crippen LogP contribution in [0.5, 0.6) is 11.5 Å². The number of ether oxygens (including phenoxy) is 2. The Hall–Kier alpha value is -3.02. The average Bonchev–Trinajstić information content (AvgIpc) is 2.67. The lowest BCUT2D eigenvalue weighted by Crippen LogP contribution is -2.24. The van der Waals surface area contributed by atoms with Crippen molar-refractivity contribution in [2.75, 3.05) is 13.2 Å². The molecule has 144 valence electrons. The Bertz CT molecular complexity index is 745. The Labute approximate surface area is 160 Å². The minimum absolute atomic E-state index is 0.547. The first-order valence-electron chi connectivity index (χ1n) is 9.12. The number of hydrogen-bond donors (Lipinski definition) is 2. The number of nitrogens with one attached hydrogen (secondary N) is 1. The smallest absolute Gasteiger partial charge is 0.332 e. The first-order chi connectivity index (χ1) is 13.1. The Kier molecular flexibility index (Phi) is 8.16. The molecule has 0 aliphatic rings. The average molecular weight is 369 g/mol. The van der Waals surface area contributed by atoms with Gasteiger partial charge in [0.1, 0.15) is 11.5 Å². The van der Waals surface area contributed by atoms with E-state index in [9.17, 15) is 4.79 Å². The number of carbonyl (C=O) groups excluding carboxylic acids is 1. The molecule has 6 heteroatoms. The van der Waals surface area contributed by atoms with E-state index in [0.717, 1.165) is 29.9 Å². The van der Waals surface area contributed by atoms with Gasteiger partial charge in [-0.3, -0.25) is 0 Å². The van der Waals surface area contributed by atoms with Crippen molar-refractivity contribution in [2.24, 2.45) is 10.8 Å². The molecule has 3 N–H and O–H groups in total. The van der Waals surface area contributed by atoms with Crippen molar-refractivity contribution in [3.05, 3.63) is 59.7 Å². The number of primary amides is 1. The third-order valence-corrected chi connectivity index (χ3v) is 4.13. The van der Waals surface area contributed by atoms with Crippen molar-refractivity contribution in [2.45, 2.75) is 32.6 Å². The van der Waals surface area contributed by atoms with Gasteiger partial charge < -0.3 is 15.2 Å². The summed E-state index contributed by atoms with van der Waals surface area (Å²) in [5.74, 6) is 2.18. The topological polar surface area (TPSA) is 85.9 Å². The summed E-state index contributed by atoms with van der Waals surface area (Å²) >= 11 is 0. The van der Waals surface area contributed by atoms with Crippen LogP contribution in [0.2, 0.25) is 0 Å². The zero-order valence-electron chi connectivity index (χ0n) is 15.9. The van der Waals surface area contributed by atoms with Gasteiger partial charge in [-0.1, -0.05) is 38.1 Å². The van der Waals surface area contributed by atoms with Crippen molar-refractivity contribution < 1.29 is 14.3 Å². The Morgan fingerprint density at radius 1 is 1.15 bits per heavy atom. The number of amides is 2. The fourth-order valence-electron chi connectivity index (χ4n) is 2.42. The predicted octanol–water partition coefficient (Wildman–Crippen LogP) is 4.05. The number of hydrogen-bond acceptors (Lipinski definition) is 4. The number of nitrogens with zero attached hydrogens (tertiary/aromatic N) is 1. The molecule has 2 aromatic rings. The van der Waals surface area contributed by atoms with Crippen LogP contribution in [-0.2, 0) is 0 Å². The molecular formula is C21H27N3O3. The predicted molar refractivity (Wildman–Crippen MR) is 108 cm³/mol. The van der Waals surface area contributed by atoms with Crippen LogP contribution < -0.4 is 20.6 Å². The number of carbonyl (C=O) groups is 1. The first kappa shape index (κ1) is 20.3. The summed E-state index contributed by atoms with van der Waals surface area (Å²) < 4.78 is 11.5. The standard InChI is InChI=1S/C21H27N3O3/c1-3-16(2)18-8-10-19(11-9-18)26-12-5-13-27-20-7-4-6-17(14-20)15-23-24-21(22)25/h4,6-11,14-16H,3,5,12-13H2,1-2H3,(H3,22,24,25)/b23-15-/t16-/m1/s1. The molecule has 0 spiro atoms. The highest BCUT2D eigenvalue weighted by Gasteiger charge is 2.03. The van der Waals surface area contributed by atoms with Gasteiger partial charge in [0.05, 0.1) is 19.4 Å². The lowest BCUT2D eigenvalue weighted by Gasteiger charge is -2.11. The Morgan fingerprint density at radius 2 is 1.85 bits per heavy atom. The number of urea groups is 1. The van der Waals surface area contributed by atoms with E-state index in [-0.39, 0.29) is 0 Å². The molecule has 0 aliphatic carbocycles. The van der Waals surface area contributed by atoms with Crippen molar-refractivity contribution in [1.82, 2.24) is 5.43 Å². The fraction of sp³-hybridized carbons (Fsp3) is 0.333. The number of benzene rings is 2. The van der Waals surface area contributed by atoms with Crippen molar-refractivity contribution >= 4 is 12.2 Å². The molecule has 0 saturated carbocycles. The molecule has 0 radical (unpaired) electrons. The highest BCUT2D eigenvalue weighted by Crippen LogP contribution is 2.21. The summed E-state index contributed by atoms with van der Waals surface area (Å²) in [6.45, 7) is 5.55. The molecule has 0 saturated heterocycles. The highest BCUT2D eigenvalue weighted by atomic mass is 16.5. The summed E-state index contributed by atoms with van der Waals surface area (Å²) in [6, 6.07) is 15.0. The van der Waals surface area contributed by atoms with Crippen LogP contribution in [0, 0.1) is 0 Å². The SMILES string of the molecule is CC[C@@H](C)c1ccc(OCCCOc2cccc(/C=N\NC(N)=O)c2)cc1. The van der Waals surface area contributed by atoms with Crippen molar-refractivity contribution in [3.63, 3.8) is 0 Å². The summed E-state index contributed by atoms with van der Waals surface area (Å²) in [5, 5.41) is 3.72. The third kappa shape index (κ3) is 7.40. The second-order valence-corrected chi connectivity index (χ2v) is 6.24. The molecule has 2 amide bonds. The normalized spacial score (nSPS) is 11.9. The van der Waals surface area contributed by atoms with E-state index in [1.165, 1.54) is 11.8 Å². The molecule has 6 nitrogen and oxygen atoms in total. The summed E-state index contributed by atoms with van der Waals surface area (Å²) in [4.78, 5) is 10.6. The Morgan fingerprint density at radius 3 is 2.52 bits per heavy atom. The molecule has 0 aromatic heterocycles. The molecule has 0 aliphatic heterocycles. The van der Waals surface area contributed by atoms with Gasteiger partial charge in [0.15, 0.2) is 0 Å². The van der Waals surface area contributed by atoms with E-state index in [1.807, 2.05) is 36.4 Å². The molecule has 0 bridgehead atoms. The highest BCUT2D eigenvalue weighted by molar-refractivity contribution is 5.81. The largest absolute Gasteiger partial charge is 0.493 e. The van der Waals surface area contributed by atoms with Gasteiger partial charge in [0.2, 0.25) is 0 Å². The maximum absolute atomic E-state index is 10.6. The zero-order chi connectivity index (χ0) is 19.5. The lowest BCUT2D eigenvalue weighted by atomic mass is 9.99. The molecule has 2 rings (SSSR count). The summed E-state index contributed by atoms with van der Waals surface area (Å²) in [6.07, 6.45) is 3.41. The van der Waals surface area contributed by atoms with Crippen LogP contribution in [0.25, 0.3) is 0 Å². The second-order valence-electron chi connectivity index (χ2n) is 6.24. The van der Waals surface area contributed by atoms with Crippen molar-refractivity contribution in [1.29, 1.82) is 0 Å². The van der Waals surface area contributed by atoms with E-state index in [4.69, 9.17) is 15.2 Å². The van der Waals surface area contributed by atoms with Gasteiger partial charge in [-0.15, -0.1) is 0 Å². The van der Waals surface area contributed by atoms with Crippen LogP contribution in [-0.4, -0.2) is 25.5 Å². The number of nitrogens with two attached hydrogens (primary N) is 1. The molecule has 2 aromatic carbocycles. The van der Waals surface area contributed by atoms with E-state index in [0.29, 0.717) is 19.1 Å². The minimum atomic E-state index is -0.701. The van der Waals surface area contributed by atoms with Gasteiger partial charge in [0, 0.05) is 6.42 Å². The van der Waals surface area contributed by atoms with E-state index in [2.05, 4.69) is 36.5 Å². The van der Waals surface area contributed by atoms with Gasteiger partial charge in [0.25, 0.3) is 0 Å². The van der Waals surface area contributed by atoms with Gasteiger partial charge in [-0.05, 0) is 47.7 Å². The van der Waals surface area contributed by atoms with E-state index < -0.39 is 6.03 Å². The lowest BCUT2D eigenvalue weighted by molar-refractivity contribution is 0.247. The van der Waals surface area contributed by atoms with Crippen LogP contribution in [0.15, 0.2) is 53.6 Å². The number of hydrazone groups is 1. The molecule has 1 atom stereocenters. The Balaban J connectivity index is 1.71. The monoisotopic (exact) mass is 369 g/mol. The minimum Gasteiger partial charge on any atom is -0.493 e. The zero-order valence-corrected chi connectivity index (χ0v) is 15.9.